The van der Waals surface area contributed by atoms with E-state index in [1.54, 1.807) is 9.80 Å². The van der Waals surface area contributed by atoms with Gasteiger partial charge in [0.15, 0.2) is 0 Å². The van der Waals surface area contributed by atoms with Crippen LogP contribution in [-0.4, -0.2) is 122 Å². The van der Waals surface area contributed by atoms with Crippen molar-refractivity contribution >= 4 is 59.6 Å². The molecular weight excluding hydrogens is 1040 g/mol. The molecule has 3 saturated carbocycles. The molecule has 0 saturated heterocycles. The Morgan fingerprint density at radius 2 is 0.662 bits per heavy atom. The summed E-state index contributed by atoms with van der Waals surface area (Å²) in [6.45, 7) is 16.2. The number of unbranched alkanes of at least 4 members (excludes halogenated alkanes) is 2. The number of hydrogen-bond donors (Lipinski definition) is 0. The van der Waals surface area contributed by atoms with Crippen LogP contribution in [0.25, 0.3) is 0 Å². The number of hydrogen-bond acceptors (Lipinski definition) is 18. The van der Waals surface area contributed by atoms with Crippen LogP contribution >= 0.6 is 0 Å². The Labute approximate surface area is 468 Å². The second-order valence-electron chi connectivity index (χ2n) is 20.1. The van der Waals surface area contributed by atoms with Crippen LogP contribution in [0.15, 0.2) is 61.7 Å². The first-order valence-electron chi connectivity index (χ1n) is 28.2. The average molecular weight is 1120 g/mol. The average Bonchev–Trinajstić information content (AvgIpc) is 3.49. The molecule has 3 aliphatic carbocycles. The maximum absolute atomic E-state index is 13.8. The van der Waals surface area contributed by atoms with Crippen molar-refractivity contribution in [1.82, 2.24) is 9.80 Å². The summed E-state index contributed by atoms with van der Waals surface area (Å²) in [5.74, 6) is -7.51. The number of carbonyl (C=O) groups is 10. The summed E-state index contributed by atoms with van der Waals surface area (Å²) in [6, 6.07) is 8.54. The lowest BCUT2D eigenvalue weighted by atomic mass is 9.82. The minimum absolute atomic E-state index is 0.0125. The molecule has 0 bridgehead atoms. The fraction of sp³-hybridized carbons (Fsp3) is 0.567. The van der Waals surface area contributed by atoms with Gasteiger partial charge < -0.3 is 47.7 Å². The number of esters is 8. The molecule has 20 heteroatoms. The molecule has 0 heterocycles. The highest BCUT2D eigenvalue weighted by molar-refractivity contribution is 5.99. The maximum atomic E-state index is 13.8. The summed E-state index contributed by atoms with van der Waals surface area (Å²) in [7, 11) is 0. The van der Waals surface area contributed by atoms with Gasteiger partial charge in [-0.15, -0.1) is 0 Å². The summed E-state index contributed by atoms with van der Waals surface area (Å²) in [5, 5.41) is 0. The molecule has 5 rings (SSSR count). The zero-order valence-corrected chi connectivity index (χ0v) is 46.7. The smallest absolute Gasteiger partial charge is 0.330 e. The van der Waals surface area contributed by atoms with E-state index in [0.717, 1.165) is 12.2 Å². The number of amides is 2. The minimum Gasteiger partial charge on any atom is -0.465 e. The van der Waals surface area contributed by atoms with Crippen molar-refractivity contribution in [2.75, 3.05) is 52.6 Å². The molecule has 0 aliphatic heterocycles. The van der Waals surface area contributed by atoms with E-state index in [4.69, 9.17) is 37.9 Å². The van der Waals surface area contributed by atoms with Crippen LogP contribution in [-0.2, 0) is 57.3 Å². The van der Waals surface area contributed by atoms with E-state index < -0.39 is 71.3 Å². The third-order valence-electron chi connectivity index (χ3n) is 14.9. The van der Waals surface area contributed by atoms with Crippen LogP contribution in [0.5, 0.6) is 23.0 Å². The van der Waals surface area contributed by atoms with E-state index in [1.165, 1.54) is 36.4 Å². The molecule has 80 heavy (non-hydrogen) atoms. The van der Waals surface area contributed by atoms with Gasteiger partial charge in [-0.3, -0.25) is 38.4 Å². The van der Waals surface area contributed by atoms with Crippen LogP contribution in [0.3, 0.4) is 0 Å². The SMILES string of the molecule is C=CC(=O)OCCCCOC(=O)C1CCC(C(=O)Oc2ccc(OC(=O)C3CCC(C(=O)Oc4ccc(OC(=O)C5CCC(C(=O)OCCCCOC(=O)C=C)CC5)c(C(=O)N(CC)CC)c4)CC3)cc2C(=O)N(CC)CC)CC1. The highest BCUT2D eigenvalue weighted by atomic mass is 16.6. The number of rotatable bonds is 28. The highest BCUT2D eigenvalue weighted by Crippen LogP contribution is 2.37. The van der Waals surface area contributed by atoms with Gasteiger partial charge in [0, 0.05) is 38.3 Å². The van der Waals surface area contributed by atoms with Crippen LogP contribution in [0.4, 0.5) is 0 Å². The van der Waals surface area contributed by atoms with Gasteiger partial charge in [0.1, 0.15) is 23.0 Å². The van der Waals surface area contributed by atoms with Crippen molar-refractivity contribution < 1.29 is 85.8 Å². The first kappa shape index (κ1) is 63.5. The van der Waals surface area contributed by atoms with Gasteiger partial charge in [0.25, 0.3) is 11.8 Å². The van der Waals surface area contributed by atoms with Crippen LogP contribution in [0.1, 0.15) is 151 Å². The van der Waals surface area contributed by atoms with Crippen molar-refractivity contribution in [3.8, 4) is 23.0 Å². The monoisotopic (exact) mass is 1110 g/mol. The lowest BCUT2D eigenvalue weighted by molar-refractivity contribution is -0.152. The van der Waals surface area contributed by atoms with Gasteiger partial charge in [-0.1, -0.05) is 13.2 Å². The van der Waals surface area contributed by atoms with Gasteiger partial charge in [-0.05, 0) is 167 Å². The Hall–Kier alpha value is -7.38. The van der Waals surface area contributed by atoms with Gasteiger partial charge >= 0.3 is 47.8 Å². The predicted octanol–water partition coefficient (Wildman–Crippen LogP) is 8.50. The number of nitrogens with zero attached hydrogens (tertiary/aromatic N) is 2. The van der Waals surface area contributed by atoms with Gasteiger partial charge in [0.2, 0.25) is 0 Å². The third-order valence-corrected chi connectivity index (χ3v) is 14.9. The first-order valence-corrected chi connectivity index (χ1v) is 28.2. The summed E-state index contributed by atoms with van der Waals surface area (Å²) >= 11 is 0. The van der Waals surface area contributed by atoms with Crippen LogP contribution in [0.2, 0.25) is 0 Å². The van der Waals surface area contributed by atoms with E-state index in [2.05, 4.69) is 13.2 Å². The Balaban J connectivity index is 1.12. The number of benzene rings is 2. The molecule has 3 fully saturated rings. The molecule has 3 aliphatic rings. The van der Waals surface area contributed by atoms with E-state index >= 15 is 0 Å². The fourth-order valence-electron chi connectivity index (χ4n) is 9.95. The summed E-state index contributed by atoms with van der Waals surface area (Å²) in [5.41, 5.74) is 0.0810. The molecular formula is C60H78N2O18. The first-order chi connectivity index (χ1) is 38.5. The van der Waals surface area contributed by atoms with Crippen LogP contribution in [0, 0.1) is 35.5 Å². The molecule has 0 radical (unpaired) electrons. The van der Waals surface area contributed by atoms with Gasteiger partial charge in [0.05, 0.1) is 73.1 Å². The molecule has 0 atom stereocenters. The Morgan fingerprint density at radius 3 is 0.938 bits per heavy atom. The highest BCUT2D eigenvalue weighted by Gasteiger charge is 2.36. The fourth-order valence-corrected chi connectivity index (χ4v) is 9.95. The largest absolute Gasteiger partial charge is 0.465 e. The Kier molecular flexibility index (Phi) is 25.9. The topological polar surface area (TPSA) is 251 Å². The lowest BCUT2D eigenvalue weighted by Gasteiger charge is -2.27. The van der Waals surface area contributed by atoms with Crippen molar-refractivity contribution in [2.24, 2.45) is 35.5 Å². The maximum Gasteiger partial charge on any atom is 0.330 e. The lowest BCUT2D eigenvalue weighted by Crippen LogP contribution is -2.33. The molecule has 2 aromatic carbocycles. The van der Waals surface area contributed by atoms with E-state index in [-0.39, 0.29) is 84.3 Å². The van der Waals surface area contributed by atoms with Crippen molar-refractivity contribution in [1.29, 1.82) is 0 Å². The molecule has 2 aromatic rings. The zero-order valence-electron chi connectivity index (χ0n) is 46.7. The van der Waals surface area contributed by atoms with Crippen molar-refractivity contribution in [3.63, 3.8) is 0 Å². The van der Waals surface area contributed by atoms with Crippen LogP contribution < -0.4 is 18.9 Å². The molecule has 0 aromatic heterocycles. The Morgan fingerprint density at radius 1 is 0.400 bits per heavy atom. The van der Waals surface area contributed by atoms with Crippen molar-refractivity contribution in [3.05, 3.63) is 72.8 Å². The van der Waals surface area contributed by atoms with E-state index in [9.17, 15) is 47.9 Å². The standard InChI is InChI=1S/C60H78N2O18/c1-7-51(63)73-33-13-15-35-75-55(67)39-17-21-43(22-18-39)59(71)79-49-31-29-45(37-47(49)53(65)61(9-3)10-4)77-57(69)41-25-27-42(28-26-41)58(70)78-46-30-32-50(48(38-46)54(66)62(11-5)12-6)80-60(72)44-23-19-40(20-24-44)56(68)76-36-16-14-34-74-52(64)8-2/h7-8,29-32,37-44H,1-2,9-28,33-36H2,3-6H3. The van der Waals surface area contributed by atoms with E-state index in [0.29, 0.717) is 129 Å². The molecule has 0 N–H and O–H groups in total. The Bertz CT molecular complexity index is 2340. The third kappa shape index (κ3) is 18.9. The van der Waals surface area contributed by atoms with Crippen molar-refractivity contribution in [2.45, 2.75) is 130 Å². The zero-order chi connectivity index (χ0) is 58.1. The molecule has 0 spiro atoms. The number of carbonyl (C=O) groups excluding carboxylic acids is 10. The number of ether oxygens (including phenoxy) is 8. The molecule has 436 valence electrons. The quantitative estimate of drug-likeness (QED) is 0.0254. The molecule has 2 amide bonds. The predicted molar refractivity (Wildman–Crippen MR) is 289 cm³/mol. The second kappa shape index (κ2) is 32.6. The molecule has 20 nitrogen and oxygen atoms in total. The van der Waals surface area contributed by atoms with E-state index in [1.807, 2.05) is 27.7 Å². The minimum atomic E-state index is -0.575. The summed E-state index contributed by atoms with van der Waals surface area (Å²) in [6.07, 6.45) is 8.68. The normalized spacial score (nSPS) is 19.6. The summed E-state index contributed by atoms with van der Waals surface area (Å²) < 4.78 is 44.0. The van der Waals surface area contributed by atoms with Gasteiger partial charge in [-0.2, -0.15) is 0 Å². The van der Waals surface area contributed by atoms with Gasteiger partial charge in [-0.25, -0.2) is 9.59 Å². The second-order valence-corrected chi connectivity index (χ2v) is 20.1. The molecule has 0 unspecified atom stereocenters. The summed E-state index contributed by atoms with van der Waals surface area (Å²) in [4.78, 5) is 133.